The van der Waals surface area contributed by atoms with Crippen molar-refractivity contribution in [2.75, 3.05) is 14.2 Å². The summed E-state index contributed by atoms with van der Waals surface area (Å²) in [6, 6.07) is 0. The first-order valence-corrected chi connectivity index (χ1v) is 4.19. The summed E-state index contributed by atoms with van der Waals surface area (Å²) in [5, 5.41) is 1.02. The maximum Gasteiger partial charge on any atom is 0.0917 e. The minimum absolute atomic E-state index is 0.216. The Hall–Kier alpha value is -0.160. The summed E-state index contributed by atoms with van der Waals surface area (Å²) in [5.41, 5.74) is -0.216. The van der Waals surface area contributed by atoms with E-state index in [9.17, 15) is 0 Å². The Morgan fingerprint density at radius 3 is 1.75 bits per heavy atom. The highest BCUT2D eigenvalue weighted by Gasteiger charge is 2.24. The van der Waals surface area contributed by atoms with E-state index in [1.165, 1.54) is 14.2 Å². The zero-order chi connectivity index (χ0) is 9.61. The van der Waals surface area contributed by atoms with Crippen LogP contribution in [-0.2, 0) is 14.5 Å². The van der Waals surface area contributed by atoms with Crippen LogP contribution in [0.4, 0.5) is 0 Å². The fourth-order valence-electron chi connectivity index (χ4n) is 0.708. The maximum atomic E-state index is 5.42. The number of rotatable bonds is 6. The molecule has 0 bridgehead atoms. The molecule has 0 aliphatic carbocycles. The third-order valence-electron chi connectivity index (χ3n) is 2.09. The van der Waals surface area contributed by atoms with Crippen molar-refractivity contribution in [1.29, 1.82) is 0 Å². The lowest BCUT2D eigenvalue weighted by molar-refractivity contribution is -0.535. The van der Waals surface area contributed by atoms with Gasteiger partial charge < -0.3 is 0 Å². The molecule has 0 heterocycles. The van der Waals surface area contributed by atoms with Gasteiger partial charge in [0.15, 0.2) is 0 Å². The Labute approximate surface area is 74.3 Å². The SMILES string of the molecule is CCC(C)(CC)ON(OC)OC. The van der Waals surface area contributed by atoms with Crippen molar-refractivity contribution in [2.24, 2.45) is 0 Å². The van der Waals surface area contributed by atoms with Gasteiger partial charge in [-0.2, -0.15) is 0 Å². The minimum Gasteiger partial charge on any atom is -0.254 e. The van der Waals surface area contributed by atoms with Gasteiger partial charge in [0.25, 0.3) is 0 Å². The fourth-order valence-corrected chi connectivity index (χ4v) is 0.708. The van der Waals surface area contributed by atoms with Crippen LogP contribution in [0.25, 0.3) is 0 Å². The van der Waals surface area contributed by atoms with Crippen LogP contribution in [0.1, 0.15) is 33.6 Å². The molecule has 0 spiro atoms. The van der Waals surface area contributed by atoms with E-state index in [1.54, 1.807) is 0 Å². The topological polar surface area (TPSA) is 30.9 Å². The summed E-state index contributed by atoms with van der Waals surface area (Å²) in [5.74, 6) is 0. The Kier molecular flexibility index (Phi) is 5.41. The highest BCUT2D eigenvalue weighted by atomic mass is 17.2. The number of hydrogen-bond acceptors (Lipinski definition) is 4. The molecule has 0 aliphatic heterocycles. The Bertz CT molecular complexity index is 111. The van der Waals surface area contributed by atoms with E-state index in [-0.39, 0.29) is 5.60 Å². The van der Waals surface area contributed by atoms with Crippen LogP contribution in [0.3, 0.4) is 0 Å². The summed E-state index contributed by atoms with van der Waals surface area (Å²) in [7, 11) is 2.99. The standard InChI is InChI=1S/C8H19NO3/c1-6-8(3,7-2)12-9(10-4)11-5/h6-7H2,1-5H3. The van der Waals surface area contributed by atoms with E-state index in [2.05, 4.69) is 13.8 Å². The van der Waals surface area contributed by atoms with Crippen molar-refractivity contribution in [3.63, 3.8) is 0 Å². The zero-order valence-electron chi connectivity index (χ0n) is 8.59. The molecule has 0 aromatic heterocycles. The molecule has 0 rings (SSSR count). The predicted octanol–water partition coefficient (Wildman–Crippen LogP) is 1.92. The average Bonchev–Trinajstić information content (AvgIpc) is 2.14. The predicted molar refractivity (Wildman–Crippen MR) is 45.9 cm³/mol. The van der Waals surface area contributed by atoms with Crippen LogP contribution in [0, 0.1) is 0 Å². The van der Waals surface area contributed by atoms with E-state index in [1.807, 2.05) is 6.92 Å². The molecule has 0 aromatic carbocycles. The van der Waals surface area contributed by atoms with Gasteiger partial charge in [0.1, 0.15) is 0 Å². The lowest BCUT2D eigenvalue weighted by Crippen LogP contribution is -2.36. The molecule has 74 valence electrons. The van der Waals surface area contributed by atoms with Crippen molar-refractivity contribution in [3.8, 4) is 0 Å². The van der Waals surface area contributed by atoms with Gasteiger partial charge in [0.2, 0.25) is 0 Å². The molecular formula is C8H19NO3. The molecule has 0 amide bonds. The molecule has 0 radical (unpaired) electrons. The molecule has 0 aliphatic rings. The monoisotopic (exact) mass is 177 g/mol. The Morgan fingerprint density at radius 1 is 1.08 bits per heavy atom. The van der Waals surface area contributed by atoms with Crippen molar-refractivity contribution in [3.05, 3.63) is 0 Å². The quantitative estimate of drug-likeness (QED) is 0.580. The second kappa shape index (κ2) is 5.48. The fraction of sp³-hybridized carbons (Fsp3) is 1.00. The second-order valence-corrected chi connectivity index (χ2v) is 2.84. The van der Waals surface area contributed by atoms with Crippen molar-refractivity contribution in [2.45, 2.75) is 39.2 Å². The average molecular weight is 177 g/mol. The normalized spacial score (nSPS) is 12.5. The van der Waals surface area contributed by atoms with Crippen LogP contribution in [0.5, 0.6) is 0 Å². The highest BCUT2D eigenvalue weighted by molar-refractivity contribution is 4.68. The van der Waals surface area contributed by atoms with Crippen LogP contribution in [0.2, 0.25) is 0 Å². The molecule has 0 saturated heterocycles. The van der Waals surface area contributed by atoms with Crippen LogP contribution in [-0.4, -0.2) is 25.2 Å². The molecule has 4 heteroatoms. The van der Waals surface area contributed by atoms with Gasteiger partial charge in [-0.3, -0.25) is 9.68 Å². The second-order valence-electron chi connectivity index (χ2n) is 2.84. The summed E-state index contributed by atoms with van der Waals surface area (Å²) in [4.78, 5) is 15.0. The Morgan fingerprint density at radius 2 is 1.50 bits per heavy atom. The molecule has 12 heavy (non-hydrogen) atoms. The van der Waals surface area contributed by atoms with Crippen LogP contribution < -0.4 is 0 Å². The van der Waals surface area contributed by atoms with E-state index in [0.29, 0.717) is 0 Å². The molecule has 0 atom stereocenters. The first-order chi connectivity index (χ1) is 5.61. The molecule has 4 nitrogen and oxygen atoms in total. The van der Waals surface area contributed by atoms with Gasteiger partial charge >= 0.3 is 0 Å². The zero-order valence-corrected chi connectivity index (χ0v) is 8.59. The third kappa shape index (κ3) is 3.49. The largest absolute Gasteiger partial charge is 0.254 e. The molecular weight excluding hydrogens is 158 g/mol. The summed E-state index contributed by atoms with van der Waals surface area (Å²) >= 11 is 0. The Balaban J connectivity index is 3.99. The van der Waals surface area contributed by atoms with E-state index in [0.717, 1.165) is 18.2 Å². The van der Waals surface area contributed by atoms with Gasteiger partial charge in [-0.1, -0.05) is 13.8 Å². The molecule has 0 unspecified atom stereocenters. The van der Waals surface area contributed by atoms with Gasteiger partial charge in [-0.05, 0) is 19.8 Å². The summed E-state index contributed by atoms with van der Waals surface area (Å²) in [6.45, 7) is 6.14. The molecule has 0 aromatic rings. The van der Waals surface area contributed by atoms with Crippen LogP contribution in [0.15, 0.2) is 0 Å². The van der Waals surface area contributed by atoms with E-state index < -0.39 is 0 Å². The number of nitrogens with zero attached hydrogens (tertiary/aromatic N) is 1. The van der Waals surface area contributed by atoms with Gasteiger partial charge in [0, 0.05) is 0 Å². The van der Waals surface area contributed by atoms with Crippen molar-refractivity contribution in [1.82, 2.24) is 5.39 Å². The maximum absolute atomic E-state index is 5.42. The van der Waals surface area contributed by atoms with Crippen molar-refractivity contribution < 1.29 is 14.5 Å². The lowest BCUT2D eigenvalue weighted by Gasteiger charge is -2.30. The van der Waals surface area contributed by atoms with Crippen LogP contribution >= 0.6 is 0 Å². The minimum atomic E-state index is -0.216. The third-order valence-corrected chi connectivity index (χ3v) is 2.09. The highest BCUT2D eigenvalue weighted by Crippen LogP contribution is 2.20. The van der Waals surface area contributed by atoms with E-state index in [4.69, 9.17) is 14.5 Å². The van der Waals surface area contributed by atoms with Gasteiger partial charge in [-0.25, -0.2) is 4.84 Å². The molecule has 0 saturated carbocycles. The van der Waals surface area contributed by atoms with Crippen molar-refractivity contribution >= 4 is 0 Å². The molecule has 0 N–H and O–H groups in total. The smallest absolute Gasteiger partial charge is 0.0917 e. The number of hydrogen-bond donors (Lipinski definition) is 0. The lowest BCUT2D eigenvalue weighted by atomic mass is 10.0. The van der Waals surface area contributed by atoms with E-state index >= 15 is 0 Å². The summed E-state index contributed by atoms with van der Waals surface area (Å²) < 4.78 is 0. The summed E-state index contributed by atoms with van der Waals surface area (Å²) in [6.07, 6.45) is 1.82. The first kappa shape index (κ1) is 11.8. The molecule has 0 fully saturated rings. The van der Waals surface area contributed by atoms with Gasteiger partial charge in [-0.15, -0.1) is 0 Å². The first-order valence-electron chi connectivity index (χ1n) is 4.19. The van der Waals surface area contributed by atoms with Gasteiger partial charge in [0.05, 0.1) is 25.2 Å².